The molecule has 0 saturated carbocycles. The SMILES string of the molecule is O=C1C=Nc2ccc(Br)cc2C1. The van der Waals surface area contributed by atoms with Crippen molar-refractivity contribution in [1.82, 2.24) is 0 Å². The molecule has 1 aliphatic heterocycles. The largest absolute Gasteiger partial charge is 0.293 e. The Morgan fingerprint density at radius 3 is 3.08 bits per heavy atom. The third kappa shape index (κ3) is 1.32. The van der Waals surface area contributed by atoms with Gasteiger partial charge in [0.05, 0.1) is 11.9 Å². The number of ketones is 1. The zero-order valence-electron chi connectivity index (χ0n) is 6.25. The van der Waals surface area contributed by atoms with E-state index in [0.29, 0.717) is 6.42 Å². The fraction of sp³-hybridized carbons (Fsp3) is 0.111. The predicted octanol–water partition coefficient (Wildman–Crippen LogP) is 2.28. The Morgan fingerprint density at radius 1 is 1.42 bits per heavy atom. The normalized spacial score (nSPS) is 14.6. The lowest BCUT2D eigenvalue weighted by atomic mass is 10.1. The van der Waals surface area contributed by atoms with Crippen molar-refractivity contribution in [3.63, 3.8) is 0 Å². The van der Waals surface area contributed by atoms with Gasteiger partial charge in [0.15, 0.2) is 5.78 Å². The number of aliphatic imine (C=N–C) groups is 1. The maximum Gasteiger partial charge on any atom is 0.178 e. The fourth-order valence-electron chi connectivity index (χ4n) is 1.20. The predicted molar refractivity (Wildman–Crippen MR) is 51.0 cm³/mol. The van der Waals surface area contributed by atoms with Gasteiger partial charge in [0.1, 0.15) is 0 Å². The molecule has 0 bridgehead atoms. The quantitative estimate of drug-likeness (QED) is 0.664. The van der Waals surface area contributed by atoms with Gasteiger partial charge >= 0.3 is 0 Å². The number of fused-ring (bicyclic) bond motifs is 1. The second kappa shape index (κ2) is 2.83. The number of nitrogens with zero attached hydrogens (tertiary/aromatic N) is 1. The summed E-state index contributed by atoms with van der Waals surface area (Å²) in [4.78, 5) is 15.0. The van der Waals surface area contributed by atoms with Crippen LogP contribution in [0.5, 0.6) is 0 Å². The summed E-state index contributed by atoms with van der Waals surface area (Å²) in [5.41, 5.74) is 1.90. The summed E-state index contributed by atoms with van der Waals surface area (Å²) >= 11 is 3.35. The molecule has 0 saturated heterocycles. The van der Waals surface area contributed by atoms with Crippen molar-refractivity contribution in [3.05, 3.63) is 28.2 Å². The molecular weight excluding hydrogens is 218 g/mol. The first-order chi connectivity index (χ1) is 5.75. The number of hydrogen-bond acceptors (Lipinski definition) is 2. The minimum absolute atomic E-state index is 0.0700. The van der Waals surface area contributed by atoms with Crippen LogP contribution in [0.25, 0.3) is 0 Å². The highest BCUT2D eigenvalue weighted by molar-refractivity contribution is 9.10. The van der Waals surface area contributed by atoms with Crippen molar-refractivity contribution in [1.29, 1.82) is 0 Å². The average Bonchev–Trinajstić information content (AvgIpc) is 2.03. The lowest BCUT2D eigenvalue weighted by molar-refractivity contribution is -0.112. The Kier molecular flexibility index (Phi) is 1.81. The molecule has 0 aromatic heterocycles. The first-order valence-electron chi connectivity index (χ1n) is 3.61. The van der Waals surface area contributed by atoms with E-state index in [-0.39, 0.29) is 5.78 Å². The third-order valence-corrected chi connectivity index (χ3v) is 2.25. The molecule has 1 aromatic carbocycles. The van der Waals surface area contributed by atoms with E-state index in [1.807, 2.05) is 18.2 Å². The molecule has 1 aliphatic rings. The lowest BCUT2D eigenvalue weighted by Crippen LogP contribution is -2.07. The van der Waals surface area contributed by atoms with Crippen molar-refractivity contribution < 1.29 is 4.79 Å². The summed E-state index contributed by atoms with van der Waals surface area (Å²) in [5.74, 6) is 0.0700. The molecule has 2 nitrogen and oxygen atoms in total. The van der Waals surface area contributed by atoms with Crippen molar-refractivity contribution in [2.75, 3.05) is 0 Å². The highest BCUT2D eigenvalue weighted by Gasteiger charge is 2.10. The van der Waals surface area contributed by atoms with Gasteiger partial charge in [0.25, 0.3) is 0 Å². The highest BCUT2D eigenvalue weighted by atomic mass is 79.9. The highest BCUT2D eigenvalue weighted by Crippen LogP contribution is 2.25. The van der Waals surface area contributed by atoms with Gasteiger partial charge in [-0.05, 0) is 23.8 Å². The van der Waals surface area contributed by atoms with Gasteiger partial charge in [-0.25, -0.2) is 0 Å². The van der Waals surface area contributed by atoms with Crippen molar-refractivity contribution in [2.45, 2.75) is 6.42 Å². The first kappa shape index (κ1) is 7.68. The molecule has 12 heavy (non-hydrogen) atoms. The van der Waals surface area contributed by atoms with Crippen LogP contribution in [-0.4, -0.2) is 12.0 Å². The summed E-state index contributed by atoms with van der Waals surface area (Å²) in [7, 11) is 0. The minimum Gasteiger partial charge on any atom is -0.293 e. The van der Waals surface area contributed by atoms with Gasteiger partial charge in [-0.3, -0.25) is 9.79 Å². The van der Waals surface area contributed by atoms with E-state index in [2.05, 4.69) is 20.9 Å². The van der Waals surface area contributed by atoms with E-state index < -0.39 is 0 Å². The number of Topliss-reactive ketones (excluding diaryl/α,β-unsaturated/α-hetero) is 1. The molecule has 0 spiro atoms. The summed E-state index contributed by atoms with van der Waals surface area (Å²) in [5, 5.41) is 0. The summed E-state index contributed by atoms with van der Waals surface area (Å²) in [6.45, 7) is 0. The molecule has 0 unspecified atom stereocenters. The van der Waals surface area contributed by atoms with Crippen molar-refractivity contribution >= 4 is 33.6 Å². The van der Waals surface area contributed by atoms with Crippen LogP contribution in [0.1, 0.15) is 5.56 Å². The molecule has 60 valence electrons. The van der Waals surface area contributed by atoms with E-state index in [9.17, 15) is 4.79 Å². The Morgan fingerprint density at radius 2 is 2.25 bits per heavy atom. The summed E-state index contributed by atoms with van der Waals surface area (Å²) in [6, 6.07) is 5.76. The zero-order chi connectivity index (χ0) is 8.55. The molecule has 0 N–H and O–H groups in total. The Balaban J connectivity index is 2.54. The van der Waals surface area contributed by atoms with Crippen LogP contribution >= 0.6 is 15.9 Å². The van der Waals surface area contributed by atoms with Crippen LogP contribution in [0, 0.1) is 0 Å². The van der Waals surface area contributed by atoms with Crippen molar-refractivity contribution in [2.24, 2.45) is 4.99 Å². The molecule has 1 aromatic rings. The Bertz CT molecular complexity index is 371. The molecule has 3 heteroatoms. The summed E-state index contributed by atoms with van der Waals surface area (Å²) < 4.78 is 0.992. The number of benzene rings is 1. The fourth-order valence-corrected chi connectivity index (χ4v) is 1.61. The molecule has 0 radical (unpaired) electrons. The smallest absolute Gasteiger partial charge is 0.178 e. The molecule has 2 rings (SSSR count). The van der Waals surface area contributed by atoms with Gasteiger partial charge in [-0.15, -0.1) is 0 Å². The van der Waals surface area contributed by atoms with Gasteiger partial charge < -0.3 is 0 Å². The molecule has 0 aliphatic carbocycles. The number of carbonyl (C=O) groups is 1. The zero-order valence-corrected chi connectivity index (χ0v) is 7.84. The Hall–Kier alpha value is -0.960. The van der Waals surface area contributed by atoms with Crippen LogP contribution in [0.2, 0.25) is 0 Å². The van der Waals surface area contributed by atoms with Gasteiger partial charge in [0, 0.05) is 10.9 Å². The number of carbonyl (C=O) groups excluding carboxylic acids is 1. The van der Waals surface area contributed by atoms with E-state index in [1.165, 1.54) is 6.21 Å². The maximum absolute atomic E-state index is 11.0. The van der Waals surface area contributed by atoms with E-state index in [0.717, 1.165) is 15.7 Å². The number of rotatable bonds is 0. The molecule has 0 fully saturated rings. The number of hydrogen-bond donors (Lipinski definition) is 0. The standard InChI is InChI=1S/C9H6BrNO/c10-7-1-2-9-6(3-7)4-8(12)5-11-9/h1-3,5H,4H2. The van der Waals surface area contributed by atoms with E-state index in [4.69, 9.17) is 0 Å². The van der Waals surface area contributed by atoms with Crippen molar-refractivity contribution in [3.8, 4) is 0 Å². The minimum atomic E-state index is 0.0700. The topological polar surface area (TPSA) is 29.4 Å². The molecule has 0 amide bonds. The third-order valence-electron chi connectivity index (χ3n) is 1.75. The monoisotopic (exact) mass is 223 g/mol. The maximum atomic E-state index is 11.0. The van der Waals surface area contributed by atoms with E-state index >= 15 is 0 Å². The van der Waals surface area contributed by atoms with Gasteiger partial charge in [0.2, 0.25) is 0 Å². The van der Waals surface area contributed by atoms with Gasteiger partial charge in [-0.1, -0.05) is 15.9 Å². The average molecular weight is 224 g/mol. The molecule has 1 heterocycles. The molecule has 0 atom stereocenters. The second-order valence-corrected chi connectivity index (χ2v) is 3.59. The summed E-state index contributed by atoms with van der Waals surface area (Å²) in [6.07, 6.45) is 1.86. The lowest BCUT2D eigenvalue weighted by Gasteiger charge is -2.07. The molecular formula is C9H6BrNO. The second-order valence-electron chi connectivity index (χ2n) is 2.67. The van der Waals surface area contributed by atoms with Crippen LogP contribution in [0.4, 0.5) is 5.69 Å². The van der Waals surface area contributed by atoms with Crippen LogP contribution in [0.15, 0.2) is 27.7 Å². The van der Waals surface area contributed by atoms with Gasteiger partial charge in [-0.2, -0.15) is 0 Å². The van der Waals surface area contributed by atoms with E-state index in [1.54, 1.807) is 0 Å². The van der Waals surface area contributed by atoms with Crippen LogP contribution in [0.3, 0.4) is 0 Å². The first-order valence-corrected chi connectivity index (χ1v) is 4.40. The van der Waals surface area contributed by atoms with Crippen LogP contribution < -0.4 is 0 Å². The Labute approximate surface area is 78.4 Å². The van der Waals surface area contributed by atoms with Crippen LogP contribution in [-0.2, 0) is 11.2 Å². The number of halogens is 1.